The standard InChI is InChI=1S/C12H9ClFNO2S/c13-11(15-16)7-10-5-6-12(18-10)17-9-3-1-8(14)2-4-9/h1-6,11H,7H2. The summed E-state index contributed by atoms with van der Waals surface area (Å²) >= 11 is 7.01. The van der Waals surface area contributed by atoms with Crippen LogP contribution in [0.5, 0.6) is 10.8 Å². The lowest BCUT2D eigenvalue weighted by molar-refractivity contribution is 0.494. The van der Waals surface area contributed by atoms with Crippen molar-refractivity contribution in [1.82, 2.24) is 0 Å². The monoisotopic (exact) mass is 285 g/mol. The summed E-state index contributed by atoms with van der Waals surface area (Å²) in [4.78, 5) is 11.1. The zero-order valence-electron chi connectivity index (χ0n) is 9.18. The molecule has 1 aromatic carbocycles. The van der Waals surface area contributed by atoms with E-state index < -0.39 is 5.50 Å². The van der Waals surface area contributed by atoms with Gasteiger partial charge in [0.2, 0.25) is 0 Å². The van der Waals surface area contributed by atoms with E-state index in [-0.39, 0.29) is 5.82 Å². The normalized spacial score (nSPS) is 12.1. The third kappa shape index (κ3) is 3.51. The molecule has 0 fully saturated rings. The van der Waals surface area contributed by atoms with Gasteiger partial charge in [-0.25, -0.2) is 4.39 Å². The fourth-order valence-electron chi connectivity index (χ4n) is 1.34. The number of rotatable bonds is 5. The number of benzene rings is 1. The third-order valence-corrected chi connectivity index (χ3v) is 3.37. The molecule has 0 saturated carbocycles. The molecule has 0 spiro atoms. The van der Waals surface area contributed by atoms with Gasteiger partial charge in [0, 0.05) is 11.3 Å². The zero-order chi connectivity index (χ0) is 13.0. The van der Waals surface area contributed by atoms with Crippen LogP contribution in [0.2, 0.25) is 0 Å². The molecule has 0 aliphatic rings. The van der Waals surface area contributed by atoms with Crippen LogP contribution in [0.15, 0.2) is 41.6 Å². The topological polar surface area (TPSA) is 38.7 Å². The highest BCUT2D eigenvalue weighted by molar-refractivity contribution is 7.13. The smallest absolute Gasteiger partial charge is 0.181 e. The van der Waals surface area contributed by atoms with Gasteiger partial charge in [-0.1, -0.05) is 11.6 Å². The summed E-state index contributed by atoms with van der Waals surface area (Å²) in [6, 6.07) is 9.35. The third-order valence-electron chi connectivity index (χ3n) is 2.15. The summed E-state index contributed by atoms with van der Waals surface area (Å²) in [6.45, 7) is 0. The van der Waals surface area contributed by atoms with E-state index in [4.69, 9.17) is 16.3 Å². The van der Waals surface area contributed by atoms with Gasteiger partial charge in [-0.2, -0.15) is 0 Å². The predicted molar refractivity (Wildman–Crippen MR) is 69.9 cm³/mol. The molecule has 2 aromatic rings. The molecule has 1 unspecified atom stereocenters. The molecule has 0 bridgehead atoms. The van der Waals surface area contributed by atoms with Crippen LogP contribution in [-0.2, 0) is 6.42 Å². The van der Waals surface area contributed by atoms with Gasteiger partial charge in [0.1, 0.15) is 11.6 Å². The Hall–Kier alpha value is -1.46. The number of hydrogen-bond donors (Lipinski definition) is 0. The maximum absolute atomic E-state index is 12.7. The van der Waals surface area contributed by atoms with Crippen molar-refractivity contribution in [2.24, 2.45) is 5.18 Å². The van der Waals surface area contributed by atoms with Crippen molar-refractivity contribution in [1.29, 1.82) is 0 Å². The molecule has 0 aliphatic heterocycles. The maximum atomic E-state index is 12.7. The molecule has 94 valence electrons. The number of thiophene rings is 1. The molecular formula is C12H9ClFNO2S. The van der Waals surface area contributed by atoms with E-state index in [1.165, 1.54) is 23.5 Å². The van der Waals surface area contributed by atoms with Crippen LogP contribution < -0.4 is 4.74 Å². The molecular weight excluding hydrogens is 277 g/mol. The molecule has 0 saturated heterocycles. The average molecular weight is 286 g/mol. The highest BCUT2D eigenvalue weighted by Gasteiger charge is 2.08. The lowest BCUT2D eigenvalue weighted by atomic mass is 10.3. The minimum absolute atomic E-state index is 0.309. The van der Waals surface area contributed by atoms with Gasteiger partial charge < -0.3 is 4.74 Å². The second-order valence-corrected chi connectivity index (χ2v) is 5.16. The van der Waals surface area contributed by atoms with Gasteiger partial charge in [0.05, 0.1) is 0 Å². The lowest BCUT2D eigenvalue weighted by Crippen LogP contribution is -1.95. The quantitative estimate of drug-likeness (QED) is 0.459. The first-order chi connectivity index (χ1) is 8.67. The Morgan fingerprint density at radius 2 is 2.00 bits per heavy atom. The fraction of sp³-hybridized carbons (Fsp3) is 0.167. The Morgan fingerprint density at radius 3 is 2.67 bits per heavy atom. The van der Waals surface area contributed by atoms with Crippen LogP contribution in [0.1, 0.15) is 4.88 Å². The fourth-order valence-corrected chi connectivity index (χ4v) is 2.51. The van der Waals surface area contributed by atoms with E-state index >= 15 is 0 Å². The number of nitroso groups, excluding NO2 is 1. The predicted octanol–water partition coefficient (Wildman–Crippen LogP) is 4.55. The zero-order valence-corrected chi connectivity index (χ0v) is 10.7. The first kappa shape index (κ1) is 13.0. The second kappa shape index (κ2) is 5.93. The summed E-state index contributed by atoms with van der Waals surface area (Å²) < 4.78 is 18.2. The first-order valence-corrected chi connectivity index (χ1v) is 6.41. The van der Waals surface area contributed by atoms with Crippen molar-refractivity contribution >= 4 is 22.9 Å². The molecule has 6 heteroatoms. The summed E-state index contributed by atoms with van der Waals surface area (Å²) in [6.07, 6.45) is 0.377. The summed E-state index contributed by atoms with van der Waals surface area (Å²) in [5.41, 5.74) is -0.762. The number of nitrogens with zero attached hydrogens (tertiary/aromatic N) is 1. The number of alkyl halides is 1. The summed E-state index contributed by atoms with van der Waals surface area (Å²) in [7, 11) is 0. The molecule has 18 heavy (non-hydrogen) atoms. The van der Waals surface area contributed by atoms with Crippen molar-refractivity contribution in [3.05, 3.63) is 52.0 Å². The van der Waals surface area contributed by atoms with E-state index in [1.807, 2.05) is 6.07 Å². The highest BCUT2D eigenvalue weighted by Crippen LogP contribution is 2.30. The van der Waals surface area contributed by atoms with Crippen molar-refractivity contribution in [2.75, 3.05) is 0 Å². The van der Waals surface area contributed by atoms with Gasteiger partial charge in [0.25, 0.3) is 0 Å². The molecule has 3 nitrogen and oxygen atoms in total. The largest absolute Gasteiger partial charge is 0.447 e. The van der Waals surface area contributed by atoms with Crippen molar-refractivity contribution < 1.29 is 9.13 Å². The van der Waals surface area contributed by atoms with Crippen LogP contribution in [0.4, 0.5) is 4.39 Å². The molecule has 1 aromatic heterocycles. The molecule has 0 amide bonds. The van der Waals surface area contributed by atoms with Gasteiger partial charge in [-0.3, -0.25) is 0 Å². The molecule has 2 rings (SSSR count). The van der Waals surface area contributed by atoms with Crippen molar-refractivity contribution in [2.45, 2.75) is 11.9 Å². The summed E-state index contributed by atoms with van der Waals surface area (Å²) in [5, 5.41) is 3.38. The van der Waals surface area contributed by atoms with Gasteiger partial charge in [-0.15, -0.1) is 16.2 Å². The average Bonchev–Trinajstić information content (AvgIpc) is 2.79. The summed E-state index contributed by atoms with van der Waals surface area (Å²) in [5.74, 6) is 0.247. The van der Waals surface area contributed by atoms with Crippen LogP contribution in [-0.4, -0.2) is 5.50 Å². The minimum atomic E-state index is -0.762. The first-order valence-electron chi connectivity index (χ1n) is 5.16. The molecule has 0 aliphatic carbocycles. The Kier molecular flexibility index (Phi) is 4.28. The molecule has 1 atom stereocenters. The number of ether oxygens (including phenoxy) is 1. The SMILES string of the molecule is O=NC(Cl)Cc1ccc(Oc2ccc(F)cc2)s1. The Labute approximate surface area is 112 Å². The van der Waals surface area contributed by atoms with Gasteiger partial charge >= 0.3 is 0 Å². The van der Waals surface area contributed by atoms with Crippen molar-refractivity contribution in [3.8, 4) is 10.8 Å². The minimum Gasteiger partial charge on any atom is -0.447 e. The molecule has 0 radical (unpaired) electrons. The van der Waals surface area contributed by atoms with E-state index in [9.17, 15) is 9.30 Å². The number of halogens is 2. The lowest BCUT2D eigenvalue weighted by Gasteiger charge is -2.01. The Bertz CT molecular complexity index is 529. The van der Waals surface area contributed by atoms with Gasteiger partial charge in [-0.05, 0) is 41.6 Å². The molecule has 1 heterocycles. The van der Waals surface area contributed by atoms with Crippen LogP contribution in [0.25, 0.3) is 0 Å². The highest BCUT2D eigenvalue weighted by atomic mass is 35.5. The maximum Gasteiger partial charge on any atom is 0.181 e. The Balaban J connectivity index is 2.02. The Morgan fingerprint density at radius 1 is 1.28 bits per heavy atom. The number of hydrogen-bond acceptors (Lipinski definition) is 4. The van der Waals surface area contributed by atoms with Crippen molar-refractivity contribution in [3.63, 3.8) is 0 Å². The van der Waals surface area contributed by atoms with E-state index in [0.29, 0.717) is 17.2 Å². The molecule has 0 N–H and O–H groups in total. The second-order valence-electron chi connectivity index (χ2n) is 3.52. The van der Waals surface area contributed by atoms with E-state index in [1.54, 1.807) is 18.2 Å². The van der Waals surface area contributed by atoms with E-state index in [2.05, 4.69) is 5.18 Å². The van der Waals surface area contributed by atoms with Crippen LogP contribution in [0, 0.1) is 10.7 Å². The van der Waals surface area contributed by atoms with Gasteiger partial charge in [0.15, 0.2) is 10.6 Å². The van der Waals surface area contributed by atoms with Crippen LogP contribution in [0.3, 0.4) is 0 Å². The van der Waals surface area contributed by atoms with E-state index in [0.717, 1.165) is 4.88 Å². The van der Waals surface area contributed by atoms with Crippen LogP contribution >= 0.6 is 22.9 Å².